The fourth-order valence-corrected chi connectivity index (χ4v) is 4.64. The maximum Gasteiger partial charge on any atom is 0.251 e. The Morgan fingerprint density at radius 2 is 1.77 bits per heavy atom. The molecule has 0 saturated carbocycles. The van der Waals surface area contributed by atoms with Crippen LogP contribution in [0.4, 0.5) is 0 Å². The zero-order valence-electron chi connectivity index (χ0n) is 14.8. The Balaban J connectivity index is 1.65. The van der Waals surface area contributed by atoms with E-state index >= 15 is 0 Å². The standard InChI is InChI=1S/C17H24N4O4S/c1-13(22)20-8-10-21(11-9-20)26(24,25)16-4-2-14(3-5-16)17(23)19-15-6-7-18-12-15/h2-5,15,18H,6-12H2,1H3,(H,19,23). The normalized spacial score (nSPS) is 21.6. The van der Waals surface area contributed by atoms with E-state index in [1.165, 1.54) is 35.5 Å². The Morgan fingerprint density at radius 3 is 2.31 bits per heavy atom. The summed E-state index contributed by atoms with van der Waals surface area (Å²) in [4.78, 5) is 25.4. The van der Waals surface area contributed by atoms with Crippen LogP contribution in [0.2, 0.25) is 0 Å². The Labute approximate surface area is 153 Å². The number of hydrogen-bond acceptors (Lipinski definition) is 5. The van der Waals surface area contributed by atoms with Gasteiger partial charge in [-0.25, -0.2) is 8.42 Å². The number of hydrogen-bond donors (Lipinski definition) is 2. The van der Waals surface area contributed by atoms with Crippen molar-refractivity contribution in [2.45, 2.75) is 24.3 Å². The van der Waals surface area contributed by atoms with Gasteiger partial charge in [0.05, 0.1) is 4.90 Å². The van der Waals surface area contributed by atoms with Crippen molar-refractivity contribution in [1.29, 1.82) is 0 Å². The van der Waals surface area contributed by atoms with Crippen molar-refractivity contribution in [3.05, 3.63) is 29.8 Å². The van der Waals surface area contributed by atoms with E-state index in [1.54, 1.807) is 4.90 Å². The number of nitrogens with zero attached hydrogens (tertiary/aromatic N) is 2. The molecule has 2 aliphatic heterocycles. The molecule has 8 nitrogen and oxygen atoms in total. The van der Waals surface area contributed by atoms with Crippen LogP contribution in [-0.4, -0.2) is 74.7 Å². The number of amides is 2. The van der Waals surface area contributed by atoms with Gasteiger partial charge in [0.15, 0.2) is 0 Å². The number of sulfonamides is 1. The van der Waals surface area contributed by atoms with Crippen LogP contribution >= 0.6 is 0 Å². The Morgan fingerprint density at radius 1 is 1.12 bits per heavy atom. The Bertz CT molecular complexity index is 764. The largest absolute Gasteiger partial charge is 0.348 e. The molecule has 1 aromatic carbocycles. The number of carbonyl (C=O) groups is 2. The maximum atomic E-state index is 12.7. The van der Waals surface area contributed by atoms with E-state index in [-0.39, 0.29) is 35.8 Å². The van der Waals surface area contributed by atoms with Crippen LogP contribution in [0.3, 0.4) is 0 Å². The van der Waals surface area contributed by atoms with E-state index in [9.17, 15) is 18.0 Å². The third-order valence-electron chi connectivity index (χ3n) is 4.83. The van der Waals surface area contributed by atoms with Crippen molar-refractivity contribution in [2.75, 3.05) is 39.3 Å². The fraction of sp³-hybridized carbons (Fsp3) is 0.529. The first-order valence-corrected chi connectivity index (χ1v) is 10.2. The lowest BCUT2D eigenvalue weighted by Crippen LogP contribution is -2.49. The maximum absolute atomic E-state index is 12.7. The predicted molar refractivity (Wildman–Crippen MR) is 96.2 cm³/mol. The van der Waals surface area contributed by atoms with Crippen LogP contribution < -0.4 is 10.6 Å². The molecular formula is C17H24N4O4S. The highest BCUT2D eigenvalue weighted by Crippen LogP contribution is 2.18. The minimum Gasteiger partial charge on any atom is -0.348 e. The van der Waals surface area contributed by atoms with Gasteiger partial charge in [0, 0.05) is 51.3 Å². The first-order valence-electron chi connectivity index (χ1n) is 8.75. The van der Waals surface area contributed by atoms with Crippen molar-refractivity contribution < 1.29 is 18.0 Å². The first kappa shape index (κ1) is 18.8. The lowest BCUT2D eigenvalue weighted by Gasteiger charge is -2.33. The molecule has 2 aliphatic rings. The van der Waals surface area contributed by atoms with Crippen molar-refractivity contribution in [3.63, 3.8) is 0 Å². The molecule has 2 amide bonds. The van der Waals surface area contributed by atoms with Crippen LogP contribution in [0, 0.1) is 0 Å². The third kappa shape index (κ3) is 4.05. The minimum atomic E-state index is -3.62. The molecule has 1 unspecified atom stereocenters. The lowest BCUT2D eigenvalue weighted by atomic mass is 10.2. The molecule has 2 fully saturated rings. The van der Waals surface area contributed by atoms with E-state index in [4.69, 9.17) is 0 Å². The van der Waals surface area contributed by atoms with Crippen LogP contribution in [-0.2, 0) is 14.8 Å². The summed E-state index contributed by atoms with van der Waals surface area (Å²) in [7, 11) is -3.62. The molecular weight excluding hydrogens is 356 g/mol. The molecule has 0 radical (unpaired) electrons. The summed E-state index contributed by atoms with van der Waals surface area (Å²) in [5, 5.41) is 6.11. The van der Waals surface area contributed by atoms with Gasteiger partial charge < -0.3 is 15.5 Å². The smallest absolute Gasteiger partial charge is 0.251 e. The highest BCUT2D eigenvalue weighted by molar-refractivity contribution is 7.89. The van der Waals surface area contributed by atoms with Gasteiger partial charge in [0.25, 0.3) is 5.91 Å². The minimum absolute atomic E-state index is 0.0464. The molecule has 2 heterocycles. The van der Waals surface area contributed by atoms with Gasteiger partial charge in [-0.1, -0.05) is 0 Å². The zero-order valence-corrected chi connectivity index (χ0v) is 15.6. The van der Waals surface area contributed by atoms with Crippen molar-refractivity contribution in [2.24, 2.45) is 0 Å². The number of rotatable bonds is 4. The van der Waals surface area contributed by atoms with E-state index in [2.05, 4.69) is 10.6 Å². The molecule has 0 bridgehead atoms. The van der Waals surface area contributed by atoms with Crippen LogP contribution in [0.1, 0.15) is 23.7 Å². The highest BCUT2D eigenvalue weighted by atomic mass is 32.2. The summed E-state index contributed by atoms with van der Waals surface area (Å²) < 4.78 is 26.9. The van der Waals surface area contributed by atoms with Crippen molar-refractivity contribution in [3.8, 4) is 0 Å². The van der Waals surface area contributed by atoms with E-state index in [0.717, 1.165) is 19.5 Å². The quantitative estimate of drug-likeness (QED) is 0.743. The third-order valence-corrected chi connectivity index (χ3v) is 6.75. The van der Waals surface area contributed by atoms with Crippen LogP contribution in [0.15, 0.2) is 29.2 Å². The van der Waals surface area contributed by atoms with Crippen LogP contribution in [0.25, 0.3) is 0 Å². The van der Waals surface area contributed by atoms with Crippen LogP contribution in [0.5, 0.6) is 0 Å². The summed E-state index contributed by atoms with van der Waals surface area (Å²) in [5.41, 5.74) is 0.442. The van der Waals surface area contributed by atoms with Gasteiger partial charge in [0.1, 0.15) is 0 Å². The van der Waals surface area contributed by atoms with Gasteiger partial charge in [-0.05, 0) is 37.2 Å². The van der Waals surface area contributed by atoms with Crippen molar-refractivity contribution in [1.82, 2.24) is 19.8 Å². The number of carbonyl (C=O) groups excluding carboxylic acids is 2. The average molecular weight is 380 g/mol. The van der Waals surface area contributed by atoms with Gasteiger partial charge in [-0.15, -0.1) is 0 Å². The fourth-order valence-electron chi connectivity index (χ4n) is 3.22. The van der Waals surface area contributed by atoms with Gasteiger partial charge in [-0.3, -0.25) is 9.59 Å². The predicted octanol–water partition coefficient (Wildman–Crippen LogP) is -0.369. The first-order chi connectivity index (χ1) is 12.4. The molecule has 0 spiro atoms. The summed E-state index contributed by atoms with van der Waals surface area (Å²) in [6.45, 7) is 4.46. The monoisotopic (exact) mass is 380 g/mol. The van der Waals surface area contributed by atoms with E-state index in [0.29, 0.717) is 18.7 Å². The van der Waals surface area contributed by atoms with Crippen molar-refractivity contribution >= 4 is 21.8 Å². The van der Waals surface area contributed by atoms with E-state index < -0.39 is 10.0 Å². The summed E-state index contributed by atoms with van der Waals surface area (Å²) >= 11 is 0. The van der Waals surface area contributed by atoms with Gasteiger partial charge >= 0.3 is 0 Å². The molecule has 1 aromatic rings. The summed E-state index contributed by atoms with van der Waals surface area (Å²) in [6, 6.07) is 6.12. The molecule has 1 atom stereocenters. The van der Waals surface area contributed by atoms with Gasteiger partial charge in [-0.2, -0.15) is 4.31 Å². The molecule has 2 saturated heterocycles. The summed E-state index contributed by atoms with van der Waals surface area (Å²) in [6.07, 6.45) is 0.893. The SMILES string of the molecule is CC(=O)N1CCN(S(=O)(=O)c2ccc(C(=O)NC3CCNC3)cc2)CC1. The molecule has 3 rings (SSSR count). The zero-order chi connectivity index (χ0) is 18.7. The van der Waals surface area contributed by atoms with E-state index in [1.807, 2.05) is 0 Å². The molecule has 142 valence electrons. The lowest BCUT2D eigenvalue weighted by molar-refractivity contribution is -0.129. The second-order valence-electron chi connectivity index (χ2n) is 6.60. The molecule has 26 heavy (non-hydrogen) atoms. The molecule has 2 N–H and O–H groups in total. The second kappa shape index (κ2) is 7.73. The second-order valence-corrected chi connectivity index (χ2v) is 8.54. The molecule has 9 heteroatoms. The average Bonchev–Trinajstić information content (AvgIpc) is 3.15. The number of benzene rings is 1. The number of piperazine rings is 1. The topological polar surface area (TPSA) is 98.8 Å². The number of nitrogens with one attached hydrogen (secondary N) is 2. The highest BCUT2D eigenvalue weighted by Gasteiger charge is 2.29. The Kier molecular flexibility index (Phi) is 5.59. The Hall–Kier alpha value is -1.97. The summed E-state index contributed by atoms with van der Waals surface area (Å²) in [5.74, 6) is -0.243. The van der Waals surface area contributed by atoms with Gasteiger partial charge in [0.2, 0.25) is 15.9 Å². The molecule has 0 aromatic heterocycles. The molecule has 0 aliphatic carbocycles.